The number of allylic oxidation sites excluding steroid dienone is 4. The van der Waals surface area contributed by atoms with Crippen LogP contribution in [0.5, 0.6) is 0 Å². The molecule has 314 valence electrons. The highest BCUT2D eigenvalue weighted by molar-refractivity contribution is 5.78. The van der Waals surface area contributed by atoms with Crippen LogP contribution in [0.2, 0.25) is 0 Å². The number of nitrogens with two attached hydrogens (primary N) is 1. The van der Waals surface area contributed by atoms with Gasteiger partial charge in [-0.2, -0.15) is 0 Å². The maximum atomic E-state index is 13.6. The van der Waals surface area contributed by atoms with Crippen molar-refractivity contribution in [3.8, 4) is 25.7 Å². The second-order valence-corrected chi connectivity index (χ2v) is 12.4. The van der Waals surface area contributed by atoms with Crippen molar-refractivity contribution < 1.29 is 4.39 Å². The fraction of sp³-hybridized carbons (Fsp3) is 0.500. The van der Waals surface area contributed by atoms with Gasteiger partial charge < -0.3 is 11.1 Å². The molecule has 1 unspecified atom stereocenters. The van der Waals surface area contributed by atoms with E-state index in [2.05, 4.69) is 137 Å². The molecule has 2 rings (SSSR count). The third-order valence-corrected chi connectivity index (χ3v) is 8.34. The van der Waals surface area contributed by atoms with Gasteiger partial charge in [0.1, 0.15) is 5.82 Å². The number of nitrogens with one attached hydrogen (secondary N) is 1. The molecule has 0 aliphatic carbocycles. The average Bonchev–Trinajstić information content (AvgIpc) is 3.21. The van der Waals surface area contributed by atoms with Gasteiger partial charge in [-0.25, -0.2) is 4.39 Å². The van der Waals surface area contributed by atoms with E-state index in [-0.39, 0.29) is 5.82 Å². The first-order chi connectivity index (χ1) is 26.4. The molecule has 55 heavy (non-hydrogen) atoms. The summed E-state index contributed by atoms with van der Waals surface area (Å²) in [7, 11) is 1.69. The zero-order valence-corrected chi connectivity index (χ0v) is 38.5. The monoisotopic (exact) mass is 761 g/mol. The Morgan fingerprint density at radius 3 is 1.53 bits per heavy atom. The Balaban J connectivity index is -0.000000111. The van der Waals surface area contributed by atoms with Crippen LogP contribution in [-0.2, 0) is 0 Å². The number of hydrogen-bond donors (Lipinski definition) is 2. The highest BCUT2D eigenvalue weighted by Gasteiger charge is 2.10. The number of hydrogen-bond acceptors (Lipinski definition) is 2. The number of benzene rings is 2. The fourth-order valence-corrected chi connectivity index (χ4v) is 5.61. The van der Waals surface area contributed by atoms with Crippen LogP contribution in [0.25, 0.3) is 5.57 Å². The minimum Gasteiger partial charge on any atom is -0.402 e. The van der Waals surface area contributed by atoms with Crippen molar-refractivity contribution in [3.63, 3.8) is 0 Å². The minimum absolute atomic E-state index is 0.281. The van der Waals surface area contributed by atoms with Crippen LogP contribution in [0.3, 0.4) is 0 Å². The maximum Gasteiger partial charge on any atom is 0.146 e. The molecule has 0 spiro atoms. The quantitative estimate of drug-likeness (QED) is 0.108. The molecule has 0 aliphatic rings. The lowest BCUT2D eigenvalue weighted by molar-refractivity contribution is 0.354. The summed E-state index contributed by atoms with van der Waals surface area (Å²) in [5.74, 6) is 1.75. The highest BCUT2D eigenvalue weighted by atomic mass is 19.1. The molecule has 0 heterocycles. The van der Waals surface area contributed by atoms with Gasteiger partial charge in [0, 0.05) is 12.7 Å². The second-order valence-electron chi connectivity index (χ2n) is 12.4. The third-order valence-electron chi connectivity index (χ3n) is 8.34. The lowest BCUT2D eigenvalue weighted by atomic mass is 9.88. The van der Waals surface area contributed by atoms with E-state index in [9.17, 15) is 4.39 Å². The summed E-state index contributed by atoms with van der Waals surface area (Å²) in [6.07, 6.45) is 32.8. The van der Waals surface area contributed by atoms with E-state index >= 15 is 0 Å². The first-order valence-corrected chi connectivity index (χ1v) is 20.3. The summed E-state index contributed by atoms with van der Waals surface area (Å²) < 4.78 is 13.6. The Labute approximate surface area is 345 Å². The standard InChI is InChI=1S/C16H34.C14H19FN2.C9H12.C3H6.C2H6.2C2H4.2C2H2/c1-5-10-15(8-4)13-9-14-16(11-6-2)12-7-3;1-5-12(10(3)16)9(2)11-6-7-14(17-4)13(15)8-11;1-7-4-5-8(2)9(3)6-7;1-3-2;5*1-2/h15-16H,5-14H2,1-4H3;6-8,17H,2,5,16H2,1,3-4H3;4-6H,1-3H3;3H,1H2,2H3;1-2H3;2*1-2H2;2*1-2H/b;12-10-;;;;;;;. The molecule has 3 heteroatoms. The number of anilines is 1. The molecule has 0 aromatic heterocycles. The molecule has 2 aromatic carbocycles. The normalized spacial score (nSPS) is 9.73. The lowest BCUT2D eigenvalue weighted by Crippen LogP contribution is -2.03. The maximum absolute atomic E-state index is 13.6. The van der Waals surface area contributed by atoms with Gasteiger partial charge in [-0.15, -0.1) is 58.6 Å². The molecule has 0 bridgehead atoms. The molecule has 0 aliphatic heterocycles. The summed E-state index contributed by atoms with van der Waals surface area (Å²) in [6, 6.07) is 11.5. The van der Waals surface area contributed by atoms with Crippen molar-refractivity contribution in [2.24, 2.45) is 17.6 Å². The highest BCUT2D eigenvalue weighted by Crippen LogP contribution is 2.28. The van der Waals surface area contributed by atoms with E-state index in [1.165, 1.54) is 87.0 Å². The second kappa shape index (κ2) is 51.9. The number of aryl methyl sites for hydroxylation is 3. The summed E-state index contributed by atoms with van der Waals surface area (Å²) in [5.41, 5.74) is 13.6. The Morgan fingerprint density at radius 2 is 1.20 bits per heavy atom. The molecule has 0 saturated heterocycles. The zero-order valence-electron chi connectivity index (χ0n) is 38.5. The van der Waals surface area contributed by atoms with Crippen LogP contribution in [-0.4, -0.2) is 7.05 Å². The Bertz CT molecular complexity index is 1200. The van der Waals surface area contributed by atoms with Crippen LogP contribution in [0.15, 0.2) is 93.2 Å². The van der Waals surface area contributed by atoms with Gasteiger partial charge in [-0.1, -0.05) is 155 Å². The van der Waals surface area contributed by atoms with Crippen molar-refractivity contribution in [2.45, 2.75) is 154 Å². The van der Waals surface area contributed by atoms with Crippen molar-refractivity contribution in [1.29, 1.82) is 0 Å². The van der Waals surface area contributed by atoms with Gasteiger partial charge in [0.15, 0.2) is 0 Å². The molecule has 2 nitrogen and oxygen atoms in total. The zero-order chi connectivity index (χ0) is 44.8. The number of halogens is 1. The van der Waals surface area contributed by atoms with Gasteiger partial charge in [0.2, 0.25) is 0 Å². The summed E-state index contributed by atoms with van der Waals surface area (Å²) in [5, 5.41) is 2.79. The van der Waals surface area contributed by atoms with E-state index < -0.39 is 0 Å². The van der Waals surface area contributed by atoms with Gasteiger partial charge in [-0.3, -0.25) is 0 Å². The topological polar surface area (TPSA) is 38.0 Å². The Kier molecular flexibility index (Phi) is 62.0. The SMILES string of the molecule is C#C.C#C.C=C.C=C.C=C(/C(CC)=C(/C)N)c1ccc(NC)c(F)c1.C=CC.CC.CCCC(CC)CCCC(CCC)CCC.Cc1ccc(C)c(C)c1. The fourth-order valence-electron chi connectivity index (χ4n) is 5.61. The van der Waals surface area contributed by atoms with E-state index in [1.54, 1.807) is 19.2 Å². The molecule has 0 saturated carbocycles. The van der Waals surface area contributed by atoms with Gasteiger partial charge in [0.25, 0.3) is 0 Å². The van der Waals surface area contributed by atoms with Crippen molar-refractivity contribution in [1.82, 2.24) is 0 Å². The Morgan fingerprint density at radius 1 is 0.764 bits per heavy atom. The number of terminal acetylenes is 2. The molecular formula is C52H89FN2. The van der Waals surface area contributed by atoms with Gasteiger partial charge in [0.05, 0.1) is 5.69 Å². The van der Waals surface area contributed by atoms with E-state index in [1.807, 2.05) is 40.7 Å². The van der Waals surface area contributed by atoms with Crippen molar-refractivity contribution in [2.75, 3.05) is 12.4 Å². The molecule has 3 N–H and O–H groups in total. The third kappa shape index (κ3) is 37.9. The van der Waals surface area contributed by atoms with Gasteiger partial charge in [-0.05, 0) is 92.8 Å². The first-order valence-electron chi connectivity index (χ1n) is 20.3. The van der Waals surface area contributed by atoms with E-state index in [4.69, 9.17) is 5.73 Å². The molecule has 0 radical (unpaired) electrons. The number of rotatable bonds is 15. The van der Waals surface area contributed by atoms with Crippen LogP contribution in [0, 0.1) is 64.1 Å². The van der Waals surface area contributed by atoms with Crippen molar-refractivity contribution in [3.05, 3.63) is 121 Å². The van der Waals surface area contributed by atoms with Gasteiger partial charge >= 0.3 is 0 Å². The predicted octanol–water partition coefficient (Wildman–Crippen LogP) is 16.7. The van der Waals surface area contributed by atoms with Crippen molar-refractivity contribution >= 4 is 11.3 Å². The molecule has 0 fully saturated rings. The van der Waals surface area contributed by atoms with Crippen LogP contribution >= 0.6 is 0 Å². The van der Waals surface area contributed by atoms with E-state index in [0.29, 0.717) is 5.69 Å². The summed E-state index contributed by atoms with van der Waals surface area (Å²) in [4.78, 5) is 0. The van der Waals surface area contributed by atoms with Crippen LogP contribution < -0.4 is 11.1 Å². The molecule has 2 aromatic rings. The van der Waals surface area contributed by atoms with Crippen LogP contribution in [0.1, 0.15) is 155 Å². The molecule has 0 amide bonds. The summed E-state index contributed by atoms with van der Waals surface area (Å²) >= 11 is 0. The average molecular weight is 761 g/mol. The van der Waals surface area contributed by atoms with Crippen LogP contribution in [0.4, 0.5) is 10.1 Å². The smallest absolute Gasteiger partial charge is 0.146 e. The largest absolute Gasteiger partial charge is 0.402 e. The predicted molar refractivity (Wildman–Crippen MR) is 258 cm³/mol. The lowest BCUT2D eigenvalue weighted by Gasteiger charge is -2.18. The molecular weight excluding hydrogens is 672 g/mol. The first kappa shape index (κ1) is 65.7. The summed E-state index contributed by atoms with van der Waals surface area (Å²) in [6.45, 7) is 44.8. The Hall–Kier alpha value is -4.21. The van der Waals surface area contributed by atoms with E-state index in [0.717, 1.165) is 40.7 Å². The molecule has 1 atom stereocenters. The minimum atomic E-state index is -0.281.